The summed E-state index contributed by atoms with van der Waals surface area (Å²) in [4.78, 5) is 36.1. The average molecular weight is 258 g/mol. The molecule has 0 atom stereocenters. The smallest absolute Gasteiger partial charge is 0.543 e. The average Bonchev–Trinajstić information content (AvgIpc) is 1.88. The summed E-state index contributed by atoms with van der Waals surface area (Å²) in [6.45, 7) is 0. The number of carbonyl (C=O) groups excluding carboxylic acids is 2. The molecule has 14 heavy (non-hydrogen) atoms. The predicted molar refractivity (Wildman–Crippen MR) is 31.0 cm³/mol. The van der Waals surface area contributed by atoms with Gasteiger partial charge in [0.05, 0.1) is 11.9 Å². The van der Waals surface area contributed by atoms with E-state index in [4.69, 9.17) is 39.6 Å². The number of hydrogen-bond acceptors (Lipinski definition) is 6. The molecular formula is C4H2FeMgO8. The summed E-state index contributed by atoms with van der Waals surface area (Å²) in [6.07, 6.45) is 0. The maximum Gasteiger partial charge on any atom is 2.00 e. The molecule has 0 aromatic rings. The van der Waals surface area contributed by atoms with E-state index >= 15 is 0 Å². The SMILES string of the molecule is O=C(O)C(=O)O.O=C([O-])C(=O)[O-].[Fe].[Mg+2]. The van der Waals surface area contributed by atoms with Crippen LogP contribution in [0.4, 0.5) is 0 Å². The van der Waals surface area contributed by atoms with Crippen LogP contribution < -0.4 is 10.2 Å². The third kappa shape index (κ3) is 22.5. The fraction of sp³-hybridized carbons (Fsp3) is 0. The van der Waals surface area contributed by atoms with Crippen molar-refractivity contribution in [3.8, 4) is 0 Å². The normalized spacial score (nSPS) is 6.29. The Labute approximate surface area is 104 Å². The van der Waals surface area contributed by atoms with Crippen LogP contribution in [-0.2, 0) is 36.2 Å². The van der Waals surface area contributed by atoms with Crippen molar-refractivity contribution in [3.63, 3.8) is 0 Å². The van der Waals surface area contributed by atoms with Gasteiger partial charge in [0.15, 0.2) is 0 Å². The van der Waals surface area contributed by atoms with Gasteiger partial charge in [0.25, 0.3) is 0 Å². The van der Waals surface area contributed by atoms with Crippen LogP contribution in [0.3, 0.4) is 0 Å². The number of rotatable bonds is 0. The van der Waals surface area contributed by atoms with Gasteiger partial charge in [0.2, 0.25) is 0 Å². The van der Waals surface area contributed by atoms with E-state index in [1.54, 1.807) is 0 Å². The summed E-state index contributed by atoms with van der Waals surface area (Å²) in [7, 11) is 0. The van der Waals surface area contributed by atoms with E-state index in [0.717, 1.165) is 0 Å². The maximum atomic E-state index is 9.10. The molecule has 76 valence electrons. The van der Waals surface area contributed by atoms with Gasteiger partial charge in [-0.1, -0.05) is 0 Å². The third-order valence-corrected chi connectivity index (χ3v) is 0.350. The molecule has 8 nitrogen and oxygen atoms in total. The van der Waals surface area contributed by atoms with E-state index in [-0.39, 0.29) is 40.1 Å². The van der Waals surface area contributed by atoms with Crippen molar-refractivity contribution in [3.05, 3.63) is 0 Å². The van der Waals surface area contributed by atoms with Gasteiger partial charge in [-0.25, -0.2) is 9.59 Å². The van der Waals surface area contributed by atoms with Crippen LogP contribution in [0.25, 0.3) is 0 Å². The van der Waals surface area contributed by atoms with Gasteiger partial charge in [-0.05, 0) is 0 Å². The second kappa shape index (κ2) is 12.2. The first-order valence-corrected chi connectivity index (χ1v) is 2.17. The Morgan fingerprint density at radius 3 is 0.929 bits per heavy atom. The summed E-state index contributed by atoms with van der Waals surface area (Å²) < 4.78 is 0. The summed E-state index contributed by atoms with van der Waals surface area (Å²) in [5.74, 6) is -8.02. The molecule has 0 aromatic carbocycles. The van der Waals surface area contributed by atoms with E-state index in [1.807, 2.05) is 0 Å². The second-order valence-corrected chi connectivity index (χ2v) is 1.19. The topological polar surface area (TPSA) is 155 Å². The molecule has 10 heteroatoms. The largest absolute Gasteiger partial charge is 2.00 e. The first kappa shape index (κ1) is 23.2. The molecule has 0 aliphatic carbocycles. The molecule has 0 saturated carbocycles. The second-order valence-electron chi connectivity index (χ2n) is 1.19. The van der Waals surface area contributed by atoms with Crippen LogP contribution in [0, 0.1) is 0 Å². The number of carboxylic acids is 4. The Hall–Kier alpha value is -0.834. The molecule has 0 rings (SSSR count). The first-order valence-electron chi connectivity index (χ1n) is 2.17. The quantitative estimate of drug-likeness (QED) is 0.324. The van der Waals surface area contributed by atoms with Crippen molar-refractivity contribution in [2.24, 2.45) is 0 Å². The van der Waals surface area contributed by atoms with Crippen LogP contribution in [0.1, 0.15) is 0 Å². The molecule has 0 aliphatic heterocycles. The minimum Gasteiger partial charge on any atom is -0.543 e. The molecule has 2 N–H and O–H groups in total. The van der Waals surface area contributed by atoms with Crippen LogP contribution >= 0.6 is 0 Å². The van der Waals surface area contributed by atoms with E-state index in [1.165, 1.54) is 0 Å². The Morgan fingerprint density at radius 1 is 0.786 bits per heavy atom. The van der Waals surface area contributed by atoms with Crippen molar-refractivity contribution in [2.75, 3.05) is 0 Å². The van der Waals surface area contributed by atoms with Gasteiger partial charge in [0, 0.05) is 17.1 Å². The van der Waals surface area contributed by atoms with Crippen molar-refractivity contribution >= 4 is 46.9 Å². The van der Waals surface area contributed by atoms with Gasteiger partial charge < -0.3 is 30.0 Å². The van der Waals surface area contributed by atoms with Crippen molar-refractivity contribution in [1.82, 2.24) is 0 Å². The van der Waals surface area contributed by atoms with Gasteiger partial charge in [0.1, 0.15) is 0 Å². The summed E-state index contributed by atoms with van der Waals surface area (Å²) in [5.41, 5.74) is 0. The maximum absolute atomic E-state index is 9.10. The minimum atomic E-state index is -2.19. The molecule has 0 aliphatic rings. The molecule has 0 fully saturated rings. The van der Waals surface area contributed by atoms with E-state index in [9.17, 15) is 0 Å². The molecule has 0 spiro atoms. The van der Waals surface area contributed by atoms with Crippen LogP contribution in [0.5, 0.6) is 0 Å². The molecular weight excluding hydrogens is 256 g/mol. The summed E-state index contributed by atoms with van der Waals surface area (Å²) in [6, 6.07) is 0. The van der Waals surface area contributed by atoms with E-state index in [0.29, 0.717) is 0 Å². The van der Waals surface area contributed by atoms with Crippen LogP contribution in [0.15, 0.2) is 0 Å². The molecule has 0 aromatic heterocycles. The van der Waals surface area contributed by atoms with Crippen molar-refractivity contribution in [1.29, 1.82) is 0 Å². The monoisotopic (exact) mass is 258 g/mol. The first-order chi connectivity index (χ1) is 5.29. The molecule has 0 saturated heterocycles. The van der Waals surface area contributed by atoms with Crippen LogP contribution in [0.2, 0.25) is 0 Å². The zero-order chi connectivity index (χ0) is 10.3. The Kier molecular flexibility index (Phi) is 20.2. The van der Waals surface area contributed by atoms with E-state index in [2.05, 4.69) is 0 Å². The number of hydrogen-bond donors (Lipinski definition) is 2. The standard InChI is InChI=1S/2C2H2O4.Fe.Mg/c2*3-1(4)2(5)6;;/h2*(H,3,4)(H,5,6);;/q;;;+2/p-2. The fourth-order valence-corrected chi connectivity index (χ4v) is 0. The summed E-state index contributed by atoms with van der Waals surface area (Å²) in [5, 5.41) is 32.6. The molecule has 0 heterocycles. The number of carboxylic acid groups (broad SMARTS) is 4. The molecule has 0 bridgehead atoms. The van der Waals surface area contributed by atoms with Crippen LogP contribution in [-0.4, -0.2) is 57.1 Å². The molecule has 0 unspecified atom stereocenters. The summed E-state index contributed by atoms with van der Waals surface area (Å²) >= 11 is 0. The number of aliphatic carboxylic acids is 4. The zero-order valence-corrected chi connectivity index (χ0v) is 8.92. The zero-order valence-electron chi connectivity index (χ0n) is 6.40. The Morgan fingerprint density at radius 2 is 0.929 bits per heavy atom. The van der Waals surface area contributed by atoms with Crippen molar-refractivity contribution < 1.29 is 56.7 Å². The van der Waals surface area contributed by atoms with Gasteiger partial charge in [-0.3, -0.25) is 0 Å². The van der Waals surface area contributed by atoms with Gasteiger partial charge >= 0.3 is 35.0 Å². The Bertz CT molecular complexity index is 177. The predicted octanol–water partition coefficient (Wildman–Crippen LogP) is -4.74. The fourth-order valence-electron chi connectivity index (χ4n) is 0. The molecule has 0 amide bonds. The minimum absolute atomic E-state index is 0. The third-order valence-electron chi connectivity index (χ3n) is 0.350. The Balaban J connectivity index is -0.0000000625. The van der Waals surface area contributed by atoms with Gasteiger partial charge in [-0.15, -0.1) is 0 Å². The molecule has 0 radical (unpaired) electrons. The number of carbonyl (C=O) groups is 4. The van der Waals surface area contributed by atoms with Gasteiger partial charge in [-0.2, -0.15) is 0 Å². The van der Waals surface area contributed by atoms with Crippen molar-refractivity contribution in [2.45, 2.75) is 0 Å². The van der Waals surface area contributed by atoms with E-state index < -0.39 is 23.9 Å².